The number of hydrogen-bond acceptors (Lipinski definition) is 7. The summed E-state index contributed by atoms with van der Waals surface area (Å²) in [6.45, 7) is 22.5. The van der Waals surface area contributed by atoms with Gasteiger partial charge in [-0.05, 0) is 20.8 Å². The van der Waals surface area contributed by atoms with Gasteiger partial charge in [0.25, 0.3) is 0 Å². The highest BCUT2D eigenvalue weighted by atomic mass is 28.4. The molecule has 24 heavy (non-hydrogen) atoms. The van der Waals surface area contributed by atoms with Gasteiger partial charge < -0.3 is 4.43 Å². The van der Waals surface area contributed by atoms with Crippen LogP contribution in [0.5, 0.6) is 0 Å². The van der Waals surface area contributed by atoms with Gasteiger partial charge in [0.15, 0.2) is 0 Å². The van der Waals surface area contributed by atoms with Crippen LogP contribution in [0.25, 0.3) is 0 Å². The first-order valence-electron chi connectivity index (χ1n) is 9.21. The molecule has 0 bridgehead atoms. The van der Waals surface area contributed by atoms with Crippen LogP contribution in [-0.4, -0.2) is 69.1 Å². The molecule has 0 aromatic rings. The van der Waals surface area contributed by atoms with Crippen molar-refractivity contribution in [1.29, 1.82) is 0 Å². The summed E-state index contributed by atoms with van der Waals surface area (Å²) in [6, 6.07) is 0. The van der Waals surface area contributed by atoms with E-state index in [1.165, 1.54) is 0 Å². The molecule has 0 aliphatic carbocycles. The van der Waals surface area contributed by atoms with Crippen molar-refractivity contribution in [2.24, 2.45) is 0 Å². The maximum Gasteiger partial charge on any atom is 0.732 e. The Morgan fingerprint density at radius 3 is 1.00 bits per heavy atom. The van der Waals surface area contributed by atoms with Crippen molar-refractivity contribution in [3.63, 3.8) is 0 Å². The Balaban J connectivity index is 5.67. The van der Waals surface area contributed by atoms with Gasteiger partial charge in [-0.1, -0.05) is 41.5 Å². The molecule has 0 fully saturated rings. The van der Waals surface area contributed by atoms with Crippen LogP contribution in [0.2, 0.25) is 0 Å². The third-order valence-electron chi connectivity index (χ3n) is 3.27. The molecule has 0 N–H and O–H groups in total. The molecule has 0 aliphatic rings. The first kappa shape index (κ1) is 23.9. The van der Waals surface area contributed by atoms with Crippen LogP contribution in [0.4, 0.5) is 0 Å². The van der Waals surface area contributed by atoms with Crippen molar-refractivity contribution < 1.29 is 18.0 Å². The van der Waals surface area contributed by atoms with Crippen molar-refractivity contribution in [3.05, 3.63) is 0 Å². The molecule has 0 rings (SSSR count). The lowest BCUT2D eigenvalue weighted by molar-refractivity contribution is -0.270. The Kier molecular flexibility index (Phi) is 11.5. The van der Waals surface area contributed by atoms with E-state index in [1.54, 1.807) is 0 Å². The molecule has 0 spiro atoms. The van der Waals surface area contributed by atoms with Gasteiger partial charge in [-0.2, -0.15) is 15.2 Å². The minimum atomic E-state index is -3.47. The number of rotatable bonds is 13. The van der Waals surface area contributed by atoms with E-state index in [1.807, 2.05) is 77.5 Å². The van der Waals surface area contributed by atoms with E-state index in [9.17, 15) is 0 Å². The Morgan fingerprint density at radius 1 is 0.583 bits per heavy atom. The topological polar surface area (TPSA) is 46.6 Å². The predicted octanol–water partition coefficient (Wildman–Crippen LogP) is 3.06. The van der Waals surface area contributed by atoms with Gasteiger partial charge in [0.05, 0.1) is 5.60 Å². The fraction of sp³-hybridized carbons (Fsp3) is 1.00. The molecule has 0 heterocycles. The lowest BCUT2D eigenvalue weighted by atomic mass is 10.2. The Labute approximate surface area is 150 Å². The molecule has 0 saturated heterocycles. The zero-order valence-electron chi connectivity index (χ0n) is 17.2. The van der Waals surface area contributed by atoms with E-state index in [0.717, 1.165) is 39.3 Å². The zero-order chi connectivity index (χ0) is 18.8. The second kappa shape index (κ2) is 11.5. The Morgan fingerprint density at radius 2 is 0.833 bits per heavy atom. The van der Waals surface area contributed by atoms with E-state index in [0.29, 0.717) is 0 Å². The summed E-state index contributed by atoms with van der Waals surface area (Å²) in [4.78, 5) is 0. The van der Waals surface area contributed by atoms with Crippen molar-refractivity contribution in [1.82, 2.24) is 15.2 Å². The first-order valence-corrected chi connectivity index (χ1v) is 10.8. The molecule has 0 radical (unpaired) electrons. The van der Waals surface area contributed by atoms with Gasteiger partial charge in [0, 0.05) is 39.3 Å². The van der Waals surface area contributed by atoms with Gasteiger partial charge >= 0.3 is 9.05 Å². The maximum absolute atomic E-state index is 6.28. The second-order valence-electron chi connectivity index (χ2n) is 6.33. The average molecular weight is 366 g/mol. The van der Waals surface area contributed by atoms with Crippen LogP contribution in [0.15, 0.2) is 0 Å². The Hall–Kier alpha value is -0.0631. The lowest BCUT2D eigenvalue weighted by Crippen LogP contribution is -2.61. The third-order valence-corrected chi connectivity index (χ3v) is 5.58. The quantitative estimate of drug-likeness (QED) is 0.367. The van der Waals surface area contributed by atoms with Crippen molar-refractivity contribution >= 4 is 9.05 Å². The van der Waals surface area contributed by atoms with Crippen molar-refractivity contribution in [2.45, 2.75) is 67.9 Å². The first-order chi connectivity index (χ1) is 11.2. The highest BCUT2D eigenvalue weighted by molar-refractivity contribution is 6.53. The van der Waals surface area contributed by atoms with Gasteiger partial charge in [-0.15, -0.1) is 0 Å². The van der Waals surface area contributed by atoms with Gasteiger partial charge in [-0.3, -0.25) is 13.6 Å². The highest BCUT2D eigenvalue weighted by Gasteiger charge is 2.55. The number of nitrogens with zero attached hydrogens (tertiary/aromatic N) is 3. The number of hydroxylamine groups is 6. The van der Waals surface area contributed by atoms with Gasteiger partial charge in [0.2, 0.25) is 0 Å². The summed E-state index contributed by atoms with van der Waals surface area (Å²) in [6.07, 6.45) is 0. The van der Waals surface area contributed by atoms with Crippen LogP contribution in [0, 0.1) is 0 Å². The highest BCUT2D eigenvalue weighted by Crippen LogP contribution is 2.24. The average Bonchev–Trinajstić information content (AvgIpc) is 2.54. The maximum atomic E-state index is 6.28. The molecule has 0 aromatic heterocycles. The minimum absolute atomic E-state index is 0.459. The Bertz CT molecular complexity index is 281. The molecule has 0 amide bonds. The van der Waals surface area contributed by atoms with E-state index in [4.69, 9.17) is 18.0 Å². The van der Waals surface area contributed by atoms with Gasteiger partial charge in [0.1, 0.15) is 0 Å². The van der Waals surface area contributed by atoms with Crippen LogP contribution in [-0.2, 0) is 18.0 Å². The molecular formula is C16H39N3O4Si. The van der Waals surface area contributed by atoms with Crippen LogP contribution >= 0.6 is 0 Å². The predicted molar refractivity (Wildman–Crippen MR) is 98.6 cm³/mol. The molecule has 0 saturated carbocycles. The summed E-state index contributed by atoms with van der Waals surface area (Å²) in [7, 11) is -3.47. The van der Waals surface area contributed by atoms with Crippen molar-refractivity contribution in [2.75, 3.05) is 39.3 Å². The van der Waals surface area contributed by atoms with Gasteiger partial charge in [-0.25, -0.2) is 0 Å². The van der Waals surface area contributed by atoms with E-state index < -0.39 is 14.6 Å². The SMILES string of the molecule is CCN(CC)O[Si](ON(CC)CC)(ON(CC)CC)OC(C)(C)C. The van der Waals surface area contributed by atoms with E-state index >= 15 is 0 Å². The van der Waals surface area contributed by atoms with Crippen LogP contribution < -0.4 is 0 Å². The lowest BCUT2D eigenvalue weighted by Gasteiger charge is -2.40. The number of hydrogen-bond donors (Lipinski definition) is 0. The molecule has 0 aliphatic heterocycles. The summed E-state index contributed by atoms with van der Waals surface area (Å²) in [5, 5.41) is 5.47. The normalized spacial score (nSPS) is 13.5. The molecule has 146 valence electrons. The second-order valence-corrected chi connectivity index (χ2v) is 8.08. The molecule has 0 aromatic carbocycles. The fourth-order valence-electron chi connectivity index (χ4n) is 2.01. The molecule has 7 nitrogen and oxygen atoms in total. The minimum Gasteiger partial charge on any atom is -0.344 e. The summed E-state index contributed by atoms with van der Waals surface area (Å²) < 4.78 is 24.9. The van der Waals surface area contributed by atoms with Crippen LogP contribution in [0.1, 0.15) is 62.3 Å². The van der Waals surface area contributed by atoms with E-state index in [2.05, 4.69) is 0 Å². The van der Waals surface area contributed by atoms with Crippen molar-refractivity contribution in [3.8, 4) is 0 Å². The van der Waals surface area contributed by atoms with Crippen LogP contribution in [0.3, 0.4) is 0 Å². The monoisotopic (exact) mass is 365 g/mol. The molecule has 0 atom stereocenters. The largest absolute Gasteiger partial charge is 0.732 e. The standard InChI is InChI=1S/C16H39N3O4Si/c1-10-17(11-2)21-24(20-16(7,8)9,22-18(12-3)13-4)23-19(14-5)15-6/h10-15H2,1-9H3. The summed E-state index contributed by atoms with van der Waals surface area (Å²) >= 11 is 0. The third kappa shape index (κ3) is 8.86. The zero-order valence-corrected chi connectivity index (χ0v) is 18.2. The molecule has 0 unspecified atom stereocenters. The fourth-order valence-corrected chi connectivity index (χ4v) is 4.70. The summed E-state index contributed by atoms with van der Waals surface area (Å²) in [5.41, 5.74) is -0.459. The smallest absolute Gasteiger partial charge is 0.344 e. The molecule has 8 heteroatoms. The molecular weight excluding hydrogens is 326 g/mol. The van der Waals surface area contributed by atoms with E-state index in [-0.39, 0.29) is 0 Å². The summed E-state index contributed by atoms with van der Waals surface area (Å²) in [5.74, 6) is 0.